The fourth-order valence-electron chi connectivity index (χ4n) is 3.22. The third-order valence-electron chi connectivity index (χ3n) is 4.58. The number of aromatic amines is 1. The summed E-state index contributed by atoms with van der Waals surface area (Å²) in [7, 11) is -3.60. The Hall–Kier alpha value is -1.90. The molecule has 0 spiro atoms. The summed E-state index contributed by atoms with van der Waals surface area (Å²) in [6.45, 7) is 3.97. The fourth-order valence-corrected chi connectivity index (χ4v) is 5.21. The zero-order chi connectivity index (χ0) is 18.9. The van der Waals surface area contributed by atoms with Crippen LogP contribution in [-0.2, 0) is 14.8 Å². The highest BCUT2D eigenvalue weighted by Crippen LogP contribution is 2.27. The first-order valence-electron chi connectivity index (χ1n) is 8.37. The molecule has 2 aromatic rings. The number of halogens is 1. The van der Waals surface area contributed by atoms with E-state index in [2.05, 4.69) is 15.5 Å². The van der Waals surface area contributed by atoms with Gasteiger partial charge in [-0.25, -0.2) is 8.42 Å². The van der Waals surface area contributed by atoms with Gasteiger partial charge in [0.25, 0.3) is 0 Å². The predicted octanol–water partition coefficient (Wildman–Crippen LogP) is 2.72. The van der Waals surface area contributed by atoms with Gasteiger partial charge in [-0.2, -0.15) is 9.40 Å². The molecule has 26 heavy (non-hydrogen) atoms. The second kappa shape index (κ2) is 7.38. The Labute approximate surface area is 157 Å². The maximum absolute atomic E-state index is 12.8. The van der Waals surface area contributed by atoms with Crippen LogP contribution in [0.2, 0.25) is 5.02 Å². The van der Waals surface area contributed by atoms with Crippen molar-refractivity contribution in [3.63, 3.8) is 0 Å². The Bertz CT molecular complexity index is 898. The van der Waals surface area contributed by atoms with E-state index in [1.54, 1.807) is 38.1 Å². The number of piperidine rings is 1. The summed E-state index contributed by atoms with van der Waals surface area (Å²) < 4.78 is 27.1. The zero-order valence-corrected chi connectivity index (χ0v) is 16.2. The van der Waals surface area contributed by atoms with Crippen LogP contribution < -0.4 is 5.32 Å². The van der Waals surface area contributed by atoms with E-state index in [0.29, 0.717) is 48.0 Å². The van der Waals surface area contributed by atoms with Gasteiger partial charge in [-0.15, -0.1) is 0 Å². The molecule has 1 aliphatic rings. The van der Waals surface area contributed by atoms with Crippen molar-refractivity contribution in [1.82, 2.24) is 14.5 Å². The smallest absolute Gasteiger partial charge is 0.246 e. The quantitative estimate of drug-likeness (QED) is 0.830. The molecule has 1 saturated heterocycles. The van der Waals surface area contributed by atoms with Crippen molar-refractivity contribution in [2.24, 2.45) is 5.92 Å². The molecule has 0 radical (unpaired) electrons. The molecule has 7 nitrogen and oxygen atoms in total. The Morgan fingerprint density at radius 3 is 2.58 bits per heavy atom. The van der Waals surface area contributed by atoms with Gasteiger partial charge in [0.05, 0.1) is 11.4 Å². The number of rotatable bonds is 4. The van der Waals surface area contributed by atoms with E-state index in [0.717, 1.165) is 0 Å². The first kappa shape index (κ1) is 18.9. The van der Waals surface area contributed by atoms with Gasteiger partial charge in [0.15, 0.2) is 0 Å². The second-order valence-corrected chi connectivity index (χ2v) is 8.75. The molecule has 0 atom stereocenters. The van der Waals surface area contributed by atoms with Gasteiger partial charge < -0.3 is 5.32 Å². The van der Waals surface area contributed by atoms with E-state index in [-0.39, 0.29) is 16.7 Å². The van der Waals surface area contributed by atoms with Crippen molar-refractivity contribution in [1.29, 1.82) is 0 Å². The highest BCUT2D eigenvalue weighted by molar-refractivity contribution is 7.89. The number of sulfonamides is 1. The standard InChI is InChI=1S/C17H21ClN4O3S/c1-11-16(12(2)21-20-11)26(24,25)22-8-6-13(7-9-22)17(23)19-15-5-3-4-14(18)10-15/h3-5,10,13H,6-9H2,1-2H3,(H,19,23)(H,20,21). The topological polar surface area (TPSA) is 95.2 Å². The molecule has 1 amide bonds. The minimum absolute atomic E-state index is 0.111. The molecule has 2 heterocycles. The highest BCUT2D eigenvalue weighted by atomic mass is 35.5. The van der Waals surface area contributed by atoms with Gasteiger partial charge in [-0.3, -0.25) is 9.89 Å². The average Bonchev–Trinajstić information content (AvgIpc) is 2.94. The molecule has 0 aliphatic carbocycles. The molecule has 1 aromatic heterocycles. The lowest BCUT2D eigenvalue weighted by Crippen LogP contribution is -2.41. The Morgan fingerprint density at radius 1 is 1.31 bits per heavy atom. The van der Waals surface area contributed by atoms with Gasteiger partial charge in [-0.05, 0) is 44.9 Å². The molecule has 1 aliphatic heterocycles. The molecule has 0 saturated carbocycles. The van der Waals surface area contributed by atoms with Crippen molar-refractivity contribution in [2.75, 3.05) is 18.4 Å². The average molecular weight is 397 g/mol. The number of hydrogen-bond donors (Lipinski definition) is 2. The summed E-state index contributed by atoms with van der Waals surface area (Å²) >= 11 is 5.93. The number of carbonyl (C=O) groups is 1. The molecule has 1 fully saturated rings. The number of anilines is 1. The van der Waals surface area contributed by atoms with Crippen LogP contribution in [0.1, 0.15) is 24.2 Å². The number of aromatic nitrogens is 2. The van der Waals surface area contributed by atoms with Crippen LogP contribution in [0.15, 0.2) is 29.2 Å². The molecule has 140 valence electrons. The third kappa shape index (κ3) is 3.77. The SMILES string of the molecule is Cc1n[nH]c(C)c1S(=O)(=O)N1CCC(C(=O)Nc2cccc(Cl)c2)CC1. The fraction of sp³-hybridized carbons (Fsp3) is 0.412. The number of nitrogens with zero attached hydrogens (tertiary/aromatic N) is 2. The number of hydrogen-bond acceptors (Lipinski definition) is 4. The van der Waals surface area contributed by atoms with Crippen LogP contribution in [0.25, 0.3) is 0 Å². The van der Waals surface area contributed by atoms with Gasteiger partial charge in [0.1, 0.15) is 4.90 Å². The number of H-pyrrole nitrogens is 1. The molecule has 3 rings (SSSR count). The summed E-state index contributed by atoms with van der Waals surface area (Å²) in [4.78, 5) is 12.7. The first-order valence-corrected chi connectivity index (χ1v) is 10.2. The van der Waals surface area contributed by atoms with Gasteiger partial charge >= 0.3 is 0 Å². The molecular weight excluding hydrogens is 376 g/mol. The number of nitrogens with one attached hydrogen (secondary N) is 2. The number of benzene rings is 1. The zero-order valence-electron chi connectivity index (χ0n) is 14.6. The van der Waals surface area contributed by atoms with E-state index < -0.39 is 10.0 Å². The van der Waals surface area contributed by atoms with E-state index in [1.807, 2.05) is 0 Å². The van der Waals surface area contributed by atoms with E-state index >= 15 is 0 Å². The Kier molecular flexibility index (Phi) is 5.36. The van der Waals surface area contributed by atoms with Crippen LogP contribution >= 0.6 is 11.6 Å². The lowest BCUT2D eigenvalue weighted by atomic mass is 9.97. The second-order valence-electron chi connectivity index (χ2n) is 6.44. The van der Waals surface area contributed by atoms with Gasteiger partial charge in [0, 0.05) is 29.7 Å². The van der Waals surface area contributed by atoms with E-state index in [9.17, 15) is 13.2 Å². The minimum atomic E-state index is -3.60. The predicted molar refractivity (Wildman–Crippen MR) is 99.6 cm³/mol. The van der Waals surface area contributed by atoms with Gasteiger partial charge in [0.2, 0.25) is 15.9 Å². The molecule has 9 heteroatoms. The maximum atomic E-state index is 12.8. The summed E-state index contributed by atoms with van der Waals surface area (Å²) in [6, 6.07) is 6.96. The van der Waals surface area contributed by atoms with Crippen molar-refractivity contribution in [3.05, 3.63) is 40.7 Å². The normalized spacial score (nSPS) is 16.6. The van der Waals surface area contributed by atoms with Crippen molar-refractivity contribution in [2.45, 2.75) is 31.6 Å². The summed E-state index contributed by atoms with van der Waals surface area (Å²) in [6.07, 6.45) is 0.948. The van der Waals surface area contributed by atoms with Crippen LogP contribution in [0.3, 0.4) is 0 Å². The lowest BCUT2D eigenvalue weighted by Gasteiger charge is -2.30. The van der Waals surface area contributed by atoms with Crippen LogP contribution in [0.4, 0.5) is 5.69 Å². The van der Waals surface area contributed by atoms with Crippen molar-refractivity contribution >= 4 is 33.2 Å². The molecule has 0 unspecified atom stereocenters. The maximum Gasteiger partial charge on any atom is 0.246 e. The lowest BCUT2D eigenvalue weighted by molar-refractivity contribution is -0.120. The van der Waals surface area contributed by atoms with Crippen LogP contribution in [0, 0.1) is 19.8 Å². The summed E-state index contributed by atoms with van der Waals surface area (Å²) in [5.74, 6) is -0.341. The summed E-state index contributed by atoms with van der Waals surface area (Å²) in [5.41, 5.74) is 1.63. The van der Waals surface area contributed by atoms with E-state index in [4.69, 9.17) is 11.6 Å². The molecule has 2 N–H and O–H groups in total. The number of amides is 1. The molecular formula is C17H21ClN4O3S. The first-order chi connectivity index (χ1) is 12.3. The largest absolute Gasteiger partial charge is 0.326 e. The Morgan fingerprint density at radius 2 is 2.00 bits per heavy atom. The van der Waals surface area contributed by atoms with Crippen LogP contribution in [-0.4, -0.2) is 41.9 Å². The Balaban J connectivity index is 1.65. The summed E-state index contributed by atoms with van der Waals surface area (Å²) in [5, 5.41) is 10.1. The van der Waals surface area contributed by atoms with E-state index in [1.165, 1.54) is 4.31 Å². The molecule has 0 bridgehead atoms. The highest BCUT2D eigenvalue weighted by Gasteiger charge is 2.34. The number of carbonyl (C=O) groups excluding carboxylic acids is 1. The monoisotopic (exact) mass is 396 g/mol. The van der Waals surface area contributed by atoms with Gasteiger partial charge in [-0.1, -0.05) is 17.7 Å². The van der Waals surface area contributed by atoms with Crippen LogP contribution in [0.5, 0.6) is 0 Å². The molecule has 1 aromatic carbocycles. The van der Waals surface area contributed by atoms with Crippen molar-refractivity contribution in [3.8, 4) is 0 Å². The number of aryl methyl sites for hydroxylation is 2. The van der Waals surface area contributed by atoms with Crippen molar-refractivity contribution < 1.29 is 13.2 Å². The minimum Gasteiger partial charge on any atom is -0.326 e. The third-order valence-corrected chi connectivity index (χ3v) is 6.97.